The standard InChI is InChI=1S/C27H22N4O3S/c1-16-8-3-6-12-20(16)30-25(33)24-17(2)23-26(35-24)28-15-31(27(23)34)14-22(32)29-21-13-7-10-18-9-4-5-11-19(18)21/h3-13,15H,14H2,1-2H3,(H,29,32)(H,30,33). The van der Waals surface area contributed by atoms with Gasteiger partial charge in [0.25, 0.3) is 11.5 Å². The van der Waals surface area contributed by atoms with E-state index in [1.807, 2.05) is 73.7 Å². The van der Waals surface area contributed by atoms with Crippen LogP contribution in [0, 0.1) is 13.8 Å². The first-order valence-corrected chi connectivity index (χ1v) is 11.9. The highest BCUT2D eigenvalue weighted by atomic mass is 32.1. The highest BCUT2D eigenvalue weighted by Crippen LogP contribution is 2.28. The molecule has 7 nitrogen and oxygen atoms in total. The van der Waals surface area contributed by atoms with Gasteiger partial charge in [0.2, 0.25) is 5.91 Å². The molecule has 2 aromatic heterocycles. The minimum absolute atomic E-state index is 0.189. The molecule has 0 aliphatic heterocycles. The molecule has 2 N–H and O–H groups in total. The number of carbonyl (C=O) groups excluding carboxylic acids is 2. The number of thiophene rings is 1. The molecule has 2 heterocycles. The summed E-state index contributed by atoms with van der Waals surface area (Å²) in [6.45, 7) is 3.46. The monoisotopic (exact) mass is 482 g/mol. The third-order valence-electron chi connectivity index (χ3n) is 5.89. The largest absolute Gasteiger partial charge is 0.324 e. The molecule has 0 saturated heterocycles. The van der Waals surface area contributed by atoms with E-state index < -0.39 is 0 Å². The lowest BCUT2D eigenvalue weighted by Gasteiger charge is -2.10. The van der Waals surface area contributed by atoms with Gasteiger partial charge in [-0.1, -0.05) is 54.6 Å². The number of para-hydroxylation sites is 1. The van der Waals surface area contributed by atoms with E-state index in [2.05, 4.69) is 15.6 Å². The summed E-state index contributed by atoms with van der Waals surface area (Å²) >= 11 is 1.17. The van der Waals surface area contributed by atoms with E-state index >= 15 is 0 Å². The maximum atomic E-state index is 13.2. The van der Waals surface area contributed by atoms with Crippen LogP contribution in [0.4, 0.5) is 11.4 Å². The number of nitrogens with zero attached hydrogens (tertiary/aromatic N) is 2. The van der Waals surface area contributed by atoms with Gasteiger partial charge in [0, 0.05) is 16.8 Å². The lowest BCUT2D eigenvalue weighted by molar-refractivity contribution is -0.116. The highest BCUT2D eigenvalue weighted by molar-refractivity contribution is 7.20. The second-order valence-electron chi connectivity index (χ2n) is 8.26. The van der Waals surface area contributed by atoms with Crippen LogP contribution < -0.4 is 16.2 Å². The van der Waals surface area contributed by atoms with Gasteiger partial charge in [-0.05, 0) is 42.5 Å². The number of rotatable bonds is 5. The molecule has 5 aromatic rings. The molecule has 5 rings (SSSR count). The van der Waals surface area contributed by atoms with Gasteiger partial charge in [-0.15, -0.1) is 11.3 Å². The number of hydrogen-bond donors (Lipinski definition) is 2. The van der Waals surface area contributed by atoms with Gasteiger partial charge >= 0.3 is 0 Å². The van der Waals surface area contributed by atoms with Crippen molar-refractivity contribution >= 4 is 55.5 Å². The summed E-state index contributed by atoms with van der Waals surface area (Å²) in [5, 5.41) is 8.08. The smallest absolute Gasteiger partial charge is 0.266 e. The minimum Gasteiger partial charge on any atom is -0.324 e. The van der Waals surface area contributed by atoms with Crippen molar-refractivity contribution in [3.8, 4) is 0 Å². The van der Waals surface area contributed by atoms with Crippen molar-refractivity contribution in [3.05, 3.63) is 99.4 Å². The lowest BCUT2D eigenvalue weighted by Crippen LogP contribution is -2.28. The van der Waals surface area contributed by atoms with Gasteiger partial charge < -0.3 is 10.6 Å². The van der Waals surface area contributed by atoms with Crippen molar-refractivity contribution in [2.24, 2.45) is 0 Å². The summed E-state index contributed by atoms with van der Waals surface area (Å²) in [6.07, 6.45) is 1.35. The number of aromatic nitrogens is 2. The van der Waals surface area contributed by atoms with Crippen LogP contribution in [0.3, 0.4) is 0 Å². The molecule has 0 aliphatic carbocycles. The van der Waals surface area contributed by atoms with Crippen molar-refractivity contribution in [2.45, 2.75) is 20.4 Å². The molecule has 3 aromatic carbocycles. The molecule has 35 heavy (non-hydrogen) atoms. The fourth-order valence-corrected chi connectivity index (χ4v) is 5.09. The molecule has 0 radical (unpaired) electrons. The average Bonchev–Trinajstić information content (AvgIpc) is 3.19. The van der Waals surface area contributed by atoms with E-state index in [0.717, 1.165) is 16.3 Å². The van der Waals surface area contributed by atoms with Crippen molar-refractivity contribution in [1.82, 2.24) is 9.55 Å². The average molecular weight is 483 g/mol. The molecule has 0 spiro atoms. The van der Waals surface area contributed by atoms with E-state index in [1.165, 1.54) is 22.2 Å². The number of amides is 2. The van der Waals surface area contributed by atoms with Crippen LogP contribution in [-0.4, -0.2) is 21.4 Å². The zero-order chi connectivity index (χ0) is 24.5. The highest BCUT2D eigenvalue weighted by Gasteiger charge is 2.20. The predicted molar refractivity (Wildman–Crippen MR) is 140 cm³/mol. The van der Waals surface area contributed by atoms with Crippen LogP contribution in [0.2, 0.25) is 0 Å². The number of nitrogens with one attached hydrogen (secondary N) is 2. The van der Waals surface area contributed by atoms with Crippen LogP contribution in [0.1, 0.15) is 20.8 Å². The number of carbonyl (C=O) groups is 2. The maximum Gasteiger partial charge on any atom is 0.266 e. The first-order chi connectivity index (χ1) is 16.9. The Labute approximate surface area is 205 Å². The fourth-order valence-electron chi connectivity index (χ4n) is 4.06. The van der Waals surface area contributed by atoms with E-state index in [1.54, 1.807) is 6.92 Å². The molecular formula is C27H22N4O3S. The second kappa shape index (κ2) is 9.15. The van der Waals surface area contributed by atoms with Gasteiger partial charge in [0.05, 0.1) is 16.6 Å². The van der Waals surface area contributed by atoms with Gasteiger partial charge in [0.1, 0.15) is 11.4 Å². The summed E-state index contributed by atoms with van der Waals surface area (Å²) in [7, 11) is 0. The van der Waals surface area contributed by atoms with Gasteiger partial charge in [0.15, 0.2) is 0 Å². The third-order valence-corrected chi connectivity index (χ3v) is 7.09. The van der Waals surface area contributed by atoms with Gasteiger partial charge in [-0.2, -0.15) is 0 Å². The van der Waals surface area contributed by atoms with E-state index in [9.17, 15) is 14.4 Å². The summed E-state index contributed by atoms with van der Waals surface area (Å²) in [5.74, 6) is -0.630. The summed E-state index contributed by atoms with van der Waals surface area (Å²) in [5.41, 5.74) is 2.53. The van der Waals surface area contributed by atoms with Crippen LogP contribution in [-0.2, 0) is 11.3 Å². The number of hydrogen-bond acceptors (Lipinski definition) is 5. The van der Waals surface area contributed by atoms with Gasteiger partial charge in [-0.3, -0.25) is 19.0 Å². The van der Waals surface area contributed by atoms with E-state index in [0.29, 0.717) is 32.0 Å². The fraction of sp³-hybridized carbons (Fsp3) is 0.111. The molecule has 174 valence electrons. The van der Waals surface area contributed by atoms with Crippen LogP contribution in [0.5, 0.6) is 0 Å². The van der Waals surface area contributed by atoms with Crippen LogP contribution >= 0.6 is 11.3 Å². The van der Waals surface area contributed by atoms with Crippen LogP contribution in [0.15, 0.2) is 77.9 Å². The zero-order valence-electron chi connectivity index (χ0n) is 19.2. The second-order valence-corrected chi connectivity index (χ2v) is 9.26. The van der Waals surface area contributed by atoms with Crippen molar-refractivity contribution in [3.63, 3.8) is 0 Å². The third kappa shape index (κ3) is 4.31. The van der Waals surface area contributed by atoms with Crippen LogP contribution in [0.25, 0.3) is 21.0 Å². The summed E-state index contributed by atoms with van der Waals surface area (Å²) in [4.78, 5) is 44.2. The minimum atomic E-state index is -0.355. The van der Waals surface area contributed by atoms with E-state index in [4.69, 9.17) is 0 Å². The normalized spacial score (nSPS) is 11.0. The molecule has 2 amide bonds. The molecule has 0 aliphatic rings. The summed E-state index contributed by atoms with van der Waals surface area (Å²) < 4.78 is 1.27. The lowest BCUT2D eigenvalue weighted by atomic mass is 10.1. The molecular weight excluding hydrogens is 460 g/mol. The quantitative estimate of drug-likeness (QED) is 0.364. The first kappa shape index (κ1) is 22.5. The Kier molecular flexibility index (Phi) is 5.88. The Bertz CT molecular complexity index is 1660. The molecule has 0 bridgehead atoms. The molecule has 0 saturated carbocycles. The Morgan fingerprint density at radius 3 is 2.46 bits per heavy atom. The molecule has 0 fully saturated rings. The van der Waals surface area contributed by atoms with Gasteiger partial charge in [-0.25, -0.2) is 4.98 Å². The Morgan fingerprint density at radius 1 is 0.914 bits per heavy atom. The number of fused-ring (bicyclic) bond motifs is 2. The number of anilines is 2. The molecule has 8 heteroatoms. The number of aryl methyl sites for hydroxylation is 2. The SMILES string of the molecule is Cc1ccccc1NC(=O)c1sc2ncn(CC(=O)Nc3cccc4ccccc34)c(=O)c2c1C. The Balaban J connectivity index is 1.41. The van der Waals surface area contributed by atoms with Crippen molar-refractivity contribution < 1.29 is 9.59 Å². The molecule has 0 unspecified atom stereocenters. The number of benzene rings is 3. The zero-order valence-corrected chi connectivity index (χ0v) is 20.0. The van der Waals surface area contributed by atoms with Crippen molar-refractivity contribution in [2.75, 3.05) is 10.6 Å². The summed E-state index contributed by atoms with van der Waals surface area (Å²) in [6, 6.07) is 20.9. The van der Waals surface area contributed by atoms with E-state index in [-0.39, 0.29) is 23.9 Å². The topological polar surface area (TPSA) is 93.1 Å². The predicted octanol–water partition coefficient (Wildman–Crippen LogP) is 5.12. The maximum absolute atomic E-state index is 13.2. The Hall–Kier alpha value is -4.30. The Morgan fingerprint density at radius 2 is 1.63 bits per heavy atom. The first-order valence-electron chi connectivity index (χ1n) is 11.1. The van der Waals surface area contributed by atoms with Crippen molar-refractivity contribution in [1.29, 1.82) is 0 Å². The molecule has 0 atom stereocenters.